The van der Waals surface area contributed by atoms with Gasteiger partial charge in [-0.1, -0.05) is 105 Å². The Kier molecular flexibility index (Phi) is 26.2. The maximum absolute atomic E-state index is 15.4. The van der Waals surface area contributed by atoms with E-state index in [0.29, 0.717) is 47.1 Å². The number of amides is 10. The number of carbonyl (C=O) groups excluding carboxylic acids is 10. The van der Waals surface area contributed by atoms with Gasteiger partial charge < -0.3 is 84.4 Å². The van der Waals surface area contributed by atoms with Crippen molar-refractivity contribution in [1.29, 1.82) is 0 Å². The largest absolute Gasteiger partial charge is 0.508 e. The third kappa shape index (κ3) is 20.7. The molecule has 2 aromatic heterocycles. The molecule has 97 heavy (non-hydrogen) atoms. The predicted octanol–water partition coefficient (Wildman–Crippen LogP) is 0.738. The fourth-order valence-electron chi connectivity index (χ4n) is 12.1. The molecule has 4 heterocycles. The van der Waals surface area contributed by atoms with Crippen LogP contribution in [0.1, 0.15) is 106 Å². The highest BCUT2D eigenvalue weighted by atomic mass is 16.3. The van der Waals surface area contributed by atoms with Gasteiger partial charge in [0.2, 0.25) is 59.1 Å². The van der Waals surface area contributed by atoms with Crippen LogP contribution in [-0.2, 0) is 67.2 Å². The van der Waals surface area contributed by atoms with Crippen molar-refractivity contribution in [3.8, 4) is 5.75 Å². The number of hydrogen-bond acceptors (Lipinski definition) is 14. The molecule has 0 spiro atoms. The topological polar surface area (TPSA) is 432 Å². The number of phenolic OH excluding ortho intramolecular Hbond substituents is 1. The van der Waals surface area contributed by atoms with Gasteiger partial charge in [-0.3, -0.25) is 52.9 Å². The van der Waals surface area contributed by atoms with Crippen LogP contribution >= 0.6 is 0 Å². The number of likely N-dealkylation sites (tertiary alicyclic amines) is 1. The Balaban J connectivity index is 1.09. The van der Waals surface area contributed by atoms with Gasteiger partial charge in [0.25, 0.3) is 0 Å². The second kappa shape index (κ2) is 35.2. The first-order valence-electron chi connectivity index (χ1n) is 32.7. The number of aromatic amines is 2. The van der Waals surface area contributed by atoms with E-state index in [-0.39, 0.29) is 100 Å². The van der Waals surface area contributed by atoms with Crippen molar-refractivity contribution in [3.63, 3.8) is 0 Å². The number of imidazole rings is 1. The zero-order chi connectivity index (χ0) is 69.5. The van der Waals surface area contributed by atoms with Crippen molar-refractivity contribution in [2.24, 2.45) is 22.4 Å². The second-order valence-electron chi connectivity index (χ2n) is 24.8. The number of nitrogens with zero attached hydrogens (tertiary/aromatic N) is 3. The number of carbonyl (C=O) groups is 10. The van der Waals surface area contributed by atoms with Crippen molar-refractivity contribution in [2.45, 2.75) is 152 Å². The first kappa shape index (κ1) is 72.2. The van der Waals surface area contributed by atoms with Crippen LogP contribution in [0.2, 0.25) is 0 Å². The van der Waals surface area contributed by atoms with Crippen LogP contribution in [0.5, 0.6) is 5.75 Å². The van der Waals surface area contributed by atoms with Gasteiger partial charge in [-0.05, 0) is 98.2 Å². The summed E-state index contributed by atoms with van der Waals surface area (Å²) in [4.78, 5) is 159. The highest BCUT2D eigenvalue weighted by Gasteiger charge is 2.40. The van der Waals surface area contributed by atoms with Gasteiger partial charge >= 0.3 is 0 Å². The number of aromatic hydroxyl groups is 1. The quantitative estimate of drug-likeness (QED) is 0.0151. The monoisotopic (exact) mass is 1330 g/mol. The highest BCUT2D eigenvalue weighted by Crippen LogP contribution is 2.30. The summed E-state index contributed by atoms with van der Waals surface area (Å²) in [7, 11) is 0. The molecule has 28 nitrogen and oxygen atoms in total. The molecule has 0 radical (unpaired) electrons. The lowest BCUT2D eigenvalue weighted by atomic mass is 9.85. The maximum atomic E-state index is 15.4. The number of aliphatic hydroxyl groups excluding tert-OH is 1. The Morgan fingerprint density at radius 3 is 1.80 bits per heavy atom. The zero-order valence-electron chi connectivity index (χ0n) is 54.6. The van der Waals surface area contributed by atoms with E-state index in [1.165, 1.54) is 41.7 Å². The molecule has 9 atom stereocenters. The van der Waals surface area contributed by atoms with Crippen LogP contribution in [-0.4, -0.2) is 176 Å². The van der Waals surface area contributed by atoms with E-state index >= 15 is 9.59 Å². The molecule has 0 saturated carbocycles. The Hall–Kier alpha value is -10.6. The Morgan fingerprint density at radius 1 is 0.649 bits per heavy atom. The number of aliphatic imine (C=N–C) groups is 1. The molecule has 0 aliphatic carbocycles. The number of H-pyrrole nitrogens is 2. The number of hydrogen-bond donors (Lipinski definition) is 15. The van der Waals surface area contributed by atoms with E-state index in [2.05, 4.69) is 67.8 Å². The Labute approximate surface area is 561 Å². The van der Waals surface area contributed by atoms with E-state index in [0.717, 1.165) is 11.1 Å². The summed E-state index contributed by atoms with van der Waals surface area (Å²) in [6.45, 7) is 5.15. The molecule has 6 aromatic rings. The van der Waals surface area contributed by atoms with Crippen LogP contribution < -0.4 is 59.3 Å². The molecule has 10 amide bonds. The number of likely N-dealkylation sites (N-methyl/N-ethyl adjacent to an activating group) is 1. The lowest BCUT2D eigenvalue weighted by Gasteiger charge is -2.31. The van der Waals surface area contributed by atoms with Crippen molar-refractivity contribution in [2.75, 3.05) is 26.2 Å². The van der Waals surface area contributed by atoms with Gasteiger partial charge in [0.05, 0.1) is 12.9 Å². The van der Waals surface area contributed by atoms with E-state index in [9.17, 15) is 48.6 Å². The van der Waals surface area contributed by atoms with Gasteiger partial charge in [-0.25, -0.2) is 4.98 Å². The molecule has 0 unspecified atom stereocenters. The lowest BCUT2D eigenvalue weighted by molar-refractivity contribution is -0.142. The molecule has 516 valence electrons. The molecule has 28 heteroatoms. The zero-order valence-corrected chi connectivity index (χ0v) is 54.6. The normalized spacial score (nSPS) is 16.5. The first-order valence-corrected chi connectivity index (χ1v) is 32.7. The molecule has 0 bridgehead atoms. The average molecular weight is 1330 g/mol. The second-order valence-corrected chi connectivity index (χ2v) is 24.8. The predicted molar refractivity (Wildman–Crippen MR) is 360 cm³/mol. The summed E-state index contributed by atoms with van der Waals surface area (Å²) in [5, 5.41) is 46.7. The number of phenols is 1. The number of nitrogens with two attached hydrogens (primary N) is 2. The molecular formula is C69H88N16O12. The van der Waals surface area contributed by atoms with Crippen LogP contribution in [0.15, 0.2) is 133 Å². The third-order valence-electron chi connectivity index (χ3n) is 17.1. The Morgan fingerprint density at radius 2 is 1.22 bits per heavy atom. The lowest BCUT2D eigenvalue weighted by Crippen LogP contribution is -2.61. The van der Waals surface area contributed by atoms with Crippen LogP contribution in [0.25, 0.3) is 10.9 Å². The fourth-order valence-corrected chi connectivity index (χ4v) is 12.1. The molecule has 8 rings (SSSR count). The molecular weight excluding hydrogens is 1240 g/mol. The van der Waals surface area contributed by atoms with Crippen LogP contribution in [0.3, 0.4) is 0 Å². The number of fused-ring (bicyclic) bond motifs is 1. The molecule has 4 aromatic carbocycles. The third-order valence-corrected chi connectivity index (χ3v) is 17.1. The van der Waals surface area contributed by atoms with Gasteiger partial charge in [-0.15, -0.1) is 0 Å². The summed E-state index contributed by atoms with van der Waals surface area (Å²) in [5.41, 5.74) is 14.9. The van der Waals surface area contributed by atoms with Crippen molar-refractivity contribution >= 4 is 75.9 Å². The van der Waals surface area contributed by atoms with Crippen molar-refractivity contribution in [1.82, 2.24) is 67.7 Å². The number of aliphatic hydroxyl groups is 1. The number of aromatic nitrogens is 3. The van der Waals surface area contributed by atoms with Crippen LogP contribution in [0, 0.1) is 5.92 Å². The van der Waals surface area contributed by atoms with Crippen LogP contribution in [0.4, 0.5) is 0 Å². The van der Waals surface area contributed by atoms with Crippen molar-refractivity contribution < 1.29 is 58.2 Å². The number of benzene rings is 4. The van der Waals surface area contributed by atoms with E-state index in [1.54, 1.807) is 25.3 Å². The highest BCUT2D eigenvalue weighted by molar-refractivity contribution is 5.99. The van der Waals surface area contributed by atoms with Gasteiger partial charge in [0.15, 0.2) is 5.96 Å². The number of rotatable bonds is 34. The standard InChI is InChI=1S/C69H88N16O12/c1-4-73-67(96)58-22-14-30-85(58)68(97)51(21-13-29-74-69(70)71)78-61(90)52(31-40(2)3)79-65(94)56(35-48(42-15-7-5-8-16-42)43-17-9-6-10-18-43)83-62(91)53(32-41-23-25-46(87)26-24-41)80-66(95)57(38-86)84-63(92)54(33-44-36-75-49-20-12-11-19-47(44)49)81-64(93)55(34-45-37-72-39-76-45)82-60(89)50-27-28-59(88)77-50/h5-12,15-20,23-26,36-37,39-40,48,50-58,75,86-87H,4,13-14,21-22,27-35,38H2,1-3H3,(H,72,76)(H,73,96)(H,77,88)(H,78,90)(H,79,94)(H,80,95)(H,81,93)(H,82,89)(H,83,91)(H,84,92)(H4,70,71,74)/t50-,51-,52-,53-,54-,55-,56+,57-,58-/m0/s1. The molecule has 2 aliphatic rings. The van der Waals surface area contributed by atoms with Gasteiger partial charge in [0.1, 0.15) is 60.1 Å². The van der Waals surface area contributed by atoms with E-state index in [4.69, 9.17) is 11.5 Å². The van der Waals surface area contributed by atoms with Gasteiger partial charge in [0, 0.05) is 80.2 Å². The molecule has 2 saturated heterocycles. The molecule has 17 N–H and O–H groups in total. The first-order chi connectivity index (χ1) is 46.7. The summed E-state index contributed by atoms with van der Waals surface area (Å²) >= 11 is 0. The molecule has 2 fully saturated rings. The maximum Gasteiger partial charge on any atom is 0.245 e. The van der Waals surface area contributed by atoms with Crippen molar-refractivity contribution in [3.05, 3.63) is 156 Å². The number of nitrogens with one attached hydrogen (secondary N) is 11. The van der Waals surface area contributed by atoms with Gasteiger partial charge in [-0.2, -0.15) is 0 Å². The smallest absolute Gasteiger partial charge is 0.245 e. The minimum absolute atomic E-state index is 0.0585. The fraction of sp³-hybridized carbons (Fsp3) is 0.420. The minimum Gasteiger partial charge on any atom is -0.508 e. The summed E-state index contributed by atoms with van der Waals surface area (Å²) in [5.74, 6) is -8.16. The minimum atomic E-state index is -1.79. The van der Waals surface area contributed by atoms with E-state index < -0.39 is 114 Å². The average Bonchev–Trinajstić information content (AvgIpc) is 1.78. The van der Waals surface area contributed by atoms with E-state index in [1.807, 2.05) is 86.6 Å². The summed E-state index contributed by atoms with van der Waals surface area (Å²) < 4.78 is 0. The summed E-state index contributed by atoms with van der Waals surface area (Å²) in [6.07, 6.45) is 5.44. The number of para-hydroxylation sites is 1. The number of guanidine groups is 1. The SMILES string of the molecule is CCNC(=O)[C@@H]1CCCN1C(=O)[C@H](CCCN=C(N)N)NC(=O)[C@H](CC(C)C)NC(=O)[C@@H](CC(c1ccccc1)c1ccccc1)NC(=O)[C@H](Cc1ccc(O)cc1)NC(=O)[C@H](CO)NC(=O)[C@H](Cc1c[nH]c2ccccc12)NC(=O)[C@H](Cc1cnc[nH]1)NC(=O)[C@@H]1CCC(=O)N1. The molecule has 2 aliphatic heterocycles. The summed E-state index contributed by atoms with van der Waals surface area (Å²) in [6, 6.07) is 19.6. The Bertz CT molecular complexity index is 3660.